The fourth-order valence-electron chi connectivity index (χ4n) is 2.07. The normalized spacial score (nSPS) is 11.4. The van der Waals surface area contributed by atoms with E-state index in [0.717, 1.165) is 23.4 Å². The number of imidazole rings is 1. The van der Waals surface area contributed by atoms with Crippen LogP contribution in [-0.2, 0) is 13.6 Å². The third-order valence-electron chi connectivity index (χ3n) is 2.84. The predicted molar refractivity (Wildman–Crippen MR) is 69.1 cm³/mol. The van der Waals surface area contributed by atoms with Crippen LogP contribution in [-0.4, -0.2) is 19.3 Å². The van der Waals surface area contributed by atoms with Crippen molar-refractivity contribution in [1.29, 1.82) is 0 Å². The lowest BCUT2D eigenvalue weighted by atomic mass is 10.3. The molecule has 0 aliphatic carbocycles. The lowest BCUT2D eigenvalue weighted by Gasteiger charge is -2.05. The van der Waals surface area contributed by atoms with Crippen molar-refractivity contribution < 1.29 is 0 Å². The number of nitrogen functional groups attached to an aromatic ring is 1. The third-order valence-corrected chi connectivity index (χ3v) is 3.57. The van der Waals surface area contributed by atoms with Crippen molar-refractivity contribution in [2.75, 3.05) is 5.73 Å². The number of thiophene rings is 1. The molecule has 0 radical (unpaired) electrons. The second kappa shape index (κ2) is 3.59. The molecule has 3 rings (SSSR count). The highest BCUT2D eigenvalue weighted by molar-refractivity contribution is 7.07. The first kappa shape index (κ1) is 10.3. The molecule has 0 saturated carbocycles. The Bertz CT molecular complexity index is 662. The summed E-state index contributed by atoms with van der Waals surface area (Å²) in [5.74, 6) is 0.544. The van der Waals surface area contributed by atoms with Gasteiger partial charge in [0.2, 0.25) is 5.95 Å². The quantitative estimate of drug-likeness (QED) is 0.750. The highest BCUT2D eigenvalue weighted by Gasteiger charge is 2.15. The average molecular weight is 247 g/mol. The summed E-state index contributed by atoms with van der Waals surface area (Å²) in [6, 6.07) is 2.10. The van der Waals surface area contributed by atoms with Gasteiger partial charge in [-0.25, -0.2) is 4.98 Å². The fourth-order valence-corrected chi connectivity index (χ4v) is 2.73. The van der Waals surface area contributed by atoms with Crippen molar-refractivity contribution in [3.05, 3.63) is 28.1 Å². The fraction of sp³-hybridized carbons (Fsp3) is 0.273. The van der Waals surface area contributed by atoms with E-state index in [2.05, 4.69) is 26.9 Å². The van der Waals surface area contributed by atoms with Gasteiger partial charge < -0.3 is 5.73 Å². The largest absolute Gasteiger partial charge is 0.369 e. The maximum absolute atomic E-state index is 5.97. The van der Waals surface area contributed by atoms with E-state index in [9.17, 15) is 0 Å². The van der Waals surface area contributed by atoms with Gasteiger partial charge in [-0.15, -0.1) is 0 Å². The van der Waals surface area contributed by atoms with Gasteiger partial charge in [0.05, 0.1) is 12.2 Å². The van der Waals surface area contributed by atoms with Gasteiger partial charge in [-0.1, -0.05) is 0 Å². The monoisotopic (exact) mass is 247 g/mol. The summed E-state index contributed by atoms with van der Waals surface area (Å²) in [4.78, 5) is 4.37. The molecule has 3 aromatic rings. The number of hydrogen-bond acceptors (Lipinski definition) is 4. The first-order valence-electron chi connectivity index (χ1n) is 5.33. The van der Waals surface area contributed by atoms with E-state index in [1.54, 1.807) is 11.3 Å². The minimum atomic E-state index is 0.544. The van der Waals surface area contributed by atoms with Crippen LogP contribution in [0.15, 0.2) is 16.8 Å². The van der Waals surface area contributed by atoms with Gasteiger partial charge in [0.15, 0.2) is 5.65 Å². The minimum absolute atomic E-state index is 0.544. The van der Waals surface area contributed by atoms with E-state index in [-0.39, 0.29) is 0 Å². The van der Waals surface area contributed by atoms with Crippen molar-refractivity contribution in [3.8, 4) is 0 Å². The molecule has 0 aliphatic heterocycles. The Balaban J connectivity index is 2.18. The second-order valence-corrected chi connectivity index (χ2v) is 4.85. The molecule has 0 unspecified atom stereocenters. The number of aromatic nitrogens is 4. The molecule has 17 heavy (non-hydrogen) atoms. The molecule has 2 N–H and O–H groups in total. The summed E-state index contributed by atoms with van der Waals surface area (Å²) in [6.45, 7) is 2.69. The Kier molecular flexibility index (Phi) is 2.19. The zero-order valence-electron chi connectivity index (χ0n) is 9.71. The Labute approximate surface area is 102 Å². The summed E-state index contributed by atoms with van der Waals surface area (Å²) < 4.78 is 3.83. The van der Waals surface area contributed by atoms with Crippen molar-refractivity contribution >= 4 is 28.4 Å². The van der Waals surface area contributed by atoms with Crippen LogP contribution in [0.4, 0.5) is 5.95 Å². The molecule has 0 bridgehead atoms. The lowest BCUT2D eigenvalue weighted by molar-refractivity contribution is 0.726. The number of nitrogens with zero attached hydrogens (tertiary/aromatic N) is 4. The molecule has 0 spiro atoms. The van der Waals surface area contributed by atoms with Gasteiger partial charge in [-0.3, -0.25) is 9.25 Å². The van der Waals surface area contributed by atoms with Crippen LogP contribution in [0.2, 0.25) is 0 Å². The number of fused-ring (bicyclic) bond motifs is 1. The highest BCUT2D eigenvalue weighted by Crippen LogP contribution is 2.22. The molecule has 0 aliphatic rings. The topological polar surface area (TPSA) is 61.7 Å². The third kappa shape index (κ3) is 1.52. The standard InChI is InChI=1S/C11H13N5S/c1-7-9-10(15(2)14-7)16(11(12)13-9)5-8-3-4-17-6-8/h3-4,6H,5H2,1-2H3,(H2,12,13). The van der Waals surface area contributed by atoms with Crippen LogP contribution >= 0.6 is 11.3 Å². The van der Waals surface area contributed by atoms with E-state index in [0.29, 0.717) is 5.95 Å². The van der Waals surface area contributed by atoms with Gasteiger partial charge in [0, 0.05) is 7.05 Å². The van der Waals surface area contributed by atoms with Gasteiger partial charge in [0.25, 0.3) is 0 Å². The van der Waals surface area contributed by atoms with Crippen LogP contribution in [0.3, 0.4) is 0 Å². The van der Waals surface area contributed by atoms with E-state index >= 15 is 0 Å². The Morgan fingerprint density at radius 2 is 2.29 bits per heavy atom. The summed E-state index contributed by atoms with van der Waals surface area (Å²) >= 11 is 1.69. The summed E-state index contributed by atoms with van der Waals surface area (Å²) in [6.07, 6.45) is 0. The Morgan fingerprint density at radius 3 is 3.00 bits per heavy atom. The van der Waals surface area contributed by atoms with Crippen molar-refractivity contribution in [2.45, 2.75) is 13.5 Å². The van der Waals surface area contributed by atoms with Gasteiger partial charge >= 0.3 is 0 Å². The molecule has 0 saturated heterocycles. The minimum Gasteiger partial charge on any atom is -0.369 e. The molecule has 0 amide bonds. The molecule has 5 nitrogen and oxygen atoms in total. The number of hydrogen-bond donors (Lipinski definition) is 1. The van der Waals surface area contributed by atoms with E-state index < -0.39 is 0 Å². The number of aryl methyl sites for hydroxylation is 2. The maximum atomic E-state index is 5.97. The van der Waals surface area contributed by atoms with Crippen molar-refractivity contribution in [1.82, 2.24) is 19.3 Å². The molecule has 88 valence electrons. The molecule has 6 heteroatoms. The summed E-state index contributed by atoms with van der Waals surface area (Å²) in [5.41, 5.74) is 9.98. The molecular weight excluding hydrogens is 234 g/mol. The maximum Gasteiger partial charge on any atom is 0.202 e. The van der Waals surface area contributed by atoms with Gasteiger partial charge in [0.1, 0.15) is 5.52 Å². The zero-order valence-corrected chi connectivity index (χ0v) is 10.5. The van der Waals surface area contributed by atoms with E-state index in [1.807, 2.05) is 23.2 Å². The average Bonchev–Trinajstić information content (AvgIpc) is 2.93. The Hall–Kier alpha value is -1.82. The molecule has 3 heterocycles. The van der Waals surface area contributed by atoms with Crippen LogP contribution in [0, 0.1) is 6.92 Å². The zero-order chi connectivity index (χ0) is 12.0. The first-order chi connectivity index (χ1) is 8.16. The summed E-state index contributed by atoms with van der Waals surface area (Å²) in [5, 5.41) is 8.54. The van der Waals surface area contributed by atoms with Gasteiger partial charge in [-0.05, 0) is 29.3 Å². The molecule has 0 aromatic carbocycles. The smallest absolute Gasteiger partial charge is 0.202 e. The van der Waals surface area contributed by atoms with Crippen LogP contribution < -0.4 is 5.73 Å². The molecule has 0 fully saturated rings. The first-order valence-corrected chi connectivity index (χ1v) is 6.27. The van der Waals surface area contributed by atoms with Gasteiger partial charge in [-0.2, -0.15) is 16.4 Å². The van der Waals surface area contributed by atoms with Crippen LogP contribution in [0.1, 0.15) is 11.3 Å². The summed E-state index contributed by atoms with van der Waals surface area (Å²) in [7, 11) is 1.92. The number of nitrogens with two attached hydrogens (primary N) is 1. The van der Waals surface area contributed by atoms with E-state index in [4.69, 9.17) is 5.73 Å². The van der Waals surface area contributed by atoms with E-state index in [1.165, 1.54) is 5.56 Å². The van der Waals surface area contributed by atoms with Crippen LogP contribution in [0.25, 0.3) is 11.2 Å². The lowest BCUT2D eigenvalue weighted by Crippen LogP contribution is -2.07. The number of rotatable bonds is 2. The van der Waals surface area contributed by atoms with Crippen molar-refractivity contribution in [3.63, 3.8) is 0 Å². The van der Waals surface area contributed by atoms with Crippen molar-refractivity contribution in [2.24, 2.45) is 7.05 Å². The number of anilines is 1. The second-order valence-electron chi connectivity index (χ2n) is 4.07. The predicted octanol–water partition coefficient (Wildman–Crippen LogP) is 1.77. The van der Waals surface area contributed by atoms with Crippen LogP contribution in [0.5, 0.6) is 0 Å². The molecule has 0 atom stereocenters. The Morgan fingerprint density at radius 1 is 1.47 bits per heavy atom. The molecular formula is C11H13N5S. The molecule has 3 aromatic heterocycles. The highest BCUT2D eigenvalue weighted by atomic mass is 32.1. The SMILES string of the molecule is Cc1nn(C)c2c1nc(N)n2Cc1ccsc1.